The van der Waals surface area contributed by atoms with Crippen molar-refractivity contribution in [1.82, 2.24) is 9.21 Å². The Labute approximate surface area is 221 Å². The van der Waals surface area contributed by atoms with Gasteiger partial charge in [-0.3, -0.25) is 14.6 Å². The van der Waals surface area contributed by atoms with Gasteiger partial charge in [-0.05, 0) is 64.5 Å². The number of amidine groups is 1. The summed E-state index contributed by atoms with van der Waals surface area (Å²) in [6.07, 6.45) is 7.03. The Hall–Kier alpha value is -2.66. The summed E-state index contributed by atoms with van der Waals surface area (Å²) in [5, 5.41) is 0. The molecule has 2 N–H and O–H groups in total. The summed E-state index contributed by atoms with van der Waals surface area (Å²) < 4.78 is 38.5. The maximum absolute atomic E-state index is 14.1. The molecule has 1 aromatic rings. The number of unbranched alkanes of at least 4 members (excludes halogenated alkanes) is 1. The zero-order chi connectivity index (χ0) is 27.5. The zero-order valence-electron chi connectivity index (χ0n) is 22.4. The minimum absolute atomic E-state index is 0.143. The van der Waals surface area contributed by atoms with Crippen molar-refractivity contribution in [2.45, 2.75) is 76.8 Å². The molecule has 11 heteroatoms. The fourth-order valence-electron chi connectivity index (χ4n) is 4.55. The normalized spacial score (nSPS) is 18.5. The molecule has 10 nitrogen and oxygen atoms in total. The number of rotatable bonds is 14. The first-order valence-electron chi connectivity index (χ1n) is 12.9. The van der Waals surface area contributed by atoms with Crippen LogP contribution in [0.1, 0.15) is 64.6 Å². The van der Waals surface area contributed by atoms with Gasteiger partial charge in [0.2, 0.25) is 21.8 Å². The molecule has 0 aromatic carbocycles. The van der Waals surface area contributed by atoms with Gasteiger partial charge in [0.25, 0.3) is 0 Å². The summed E-state index contributed by atoms with van der Waals surface area (Å²) in [5.41, 5.74) is 4.20. The summed E-state index contributed by atoms with van der Waals surface area (Å²) in [4.78, 5) is 33.4. The molecule has 1 aliphatic rings. The second-order valence-corrected chi connectivity index (χ2v) is 11.7. The number of amides is 2. The van der Waals surface area contributed by atoms with E-state index in [1.165, 1.54) is 13.2 Å². The van der Waals surface area contributed by atoms with Crippen LogP contribution >= 0.6 is 0 Å². The predicted octanol–water partition coefficient (Wildman–Crippen LogP) is 2.89. The average molecular weight is 539 g/mol. The molecule has 1 fully saturated rings. The van der Waals surface area contributed by atoms with E-state index in [9.17, 15) is 18.0 Å². The number of nitrogens with zero attached hydrogens (tertiary/aromatic N) is 3. The number of likely N-dealkylation sites (N-methyl/N-ethyl adjacent to an activating group) is 1. The van der Waals surface area contributed by atoms with E-state index >= 15 is 0 Å². The quantitative estimate of drug-likeness (QED) is 0.166. The van der Waals surface area contributed by atoms with Crippen molar-refractivity contribution in [2.24, 2.45) is 10.7 Å². The van der Waals surface area contributed by atoms with E-state index in [0.29, 0.717) is 50.6 Å². The molecule has 1 aliphatic heterocycles. The Balaban J connectivity index is 2.39. The van der Waals surface area contributed by atoms with Gasteiger partial charge in [0.05, 0.1) is 36.9 Å². The van der Waals surface area contributed by atoms with Gasteiger partial charge >= 0.3 is 0 Å². The van der Waals surface area contributed by atoms with Crippen LogP contribution in [0.25, 0.3) is 0 Å². The number of carbonyl (C=O) groups is 2. The smallest absolute Gasteiger partial charge is 0.249 e. The maximum atomic E-state index is 14.1. The molecule has 0 aliphatic carbocycles. The van der Waals surface area contributed by atoms with Crippen molar-refractivity contribution in [3.8, 4) is 0 Å². The van der Waals surface area contributed by atoms with Crippen molar-refractivity contribution in [2.75, 3.05) is 32.6 Å². The number of furan rings is 1. The Bertz CT molecular complexity index is 1020. The van der Waals surface area contributed by atoms with Crippen molar-refractivity contribution in [1.29, 1.82) is 0 Å². The summed E-state index contributed by atoms with van der Waals surface area (Å²) in [5.74, 6) is -0.661. The predicted molar refractivity (Wildman–Crippen MR) is 144 cm³/mol. The Morgan fingerprint density at radius 3 is 2.73 bits per heavy atom. The van der Waals surface area contributed by atoms with Gasteiger partial charge in [0.1, 0.15) is 11.3 Å². The number of hydrogen-bond donors (Lipinski definition) is 1. The molecule has 1 unspecified atom stereocenters. The van der Waals surface area contributed by atoms with Crippen LogP contribution in [0.4, 0.5) is 0 Å². The second kappa shape index (κ2) is 14.3. The molecule has 1 saturated heterocycles. The number of ether oxygens (including phenoxy) is 1. The molecule has 37 heavy (non-hydrogen) atoms. The summed E-state index contributed by atoms with van der Waals surface area (Å²) in [7, 11) is -2.43. The number of hydrogen-bond acceptors (Lipinski definition) is 7. The van der Waals surface area contributed by atoms with Gasteiger partial charge in [-0.1, -0.05) is 6.08 Å². The van der Waals surface area contributed by atoms with Gasteiger partial charge < -0.3 is 19.8 Å². The maximum Gasteiger partial charge on any atom is 0.249 e. The van der Waals surface area contributed by atoms with E-state index in [0.717, 1.165) is 23.6 Å². The van der Waals surface area contributed by atoms with Crippen LogP contribution in [0, 0.1) is 0 Å². The average Bonchev–Trinajstić information content (AvgIpc) is 3.21. The molecule has 208 valence electrons. The minimum atomic E-state index is -4.10. The molecule has 0 radical (unpaired) electrons. The topological polar surface area (TPSA) is 136 Å². The largest absolute Gasteiger partial charge is 0.469 e. The summed E-state index contributed by atoms with van der Waals surface area (Å²) >= 11 is 0. The lowest BCUT2D eigenvalue weighted by atomic mass is 9.91. The molecular formula is C26H42N4O6S. The van der Waals surface area contributed by atoms with Gasteiger partial charge in [-0.15, -0.1) is 6.58 Å². The molecule has 2 heterocycles. The highest BCUT2D eigenvalue weighted by atomic mass is 32.2. The number of carbonyl (C=O) groups excluding carboxylic acids is 2. The molecule has 2 atom stereocenters. The van der Waals surface area contributed by atoms with E-state index in [-0.39, 0.29) is 24.6 Å². The first-order valence-corrected chi connectivity index (χ1v) is 14.5. The second-order valence-electron chi connectivity index (χ2n) is 9.55. The van der Waals surface area contributed by atoms with Crippen LogP contribution < -0.4 is 5.73 Å². The van der Waals surface area contributed by atoms with Crippen LogP contribution in [0.15, 0.2) is 40.5 Å². The first-order chi connectivity index (χ1) is 17.6. The van der Waals surface area contributed by atoms with Crippen molar-refractivity contribution >= 4 is 27.7 Å². The lowest BCUT2D eigenvalue weighted by molar-refractivity contribution is -0.149. The van der Waals surface area contributed by atoms with E-state index in [1.54, 1.807) is 37.1 Å². The van der Waals surface area contributed by atoms with Crippen LogP contribution in [-0.2, 0) is 30.8 Å². The molecule has 2 amide bonds. The zero-order valence-corrected chi connectivity index (χ0v) is 23.2. The highest BCUT2D eigenvalue weighted by molar-refractivity contribution is 7.89. The Kier molecular flexibility index (Phi) is 11.8. The lowest BCUT2D eigenvalue weighted by Gasteiger charge is -2.42. The molecule has 1 aromatic heterocycles. The van der Waals surface area contributed by atoms with E-state index in [1.807, 2.05) is 0 Å². The van der Waals surface area contributed by atoms with Crippen molar-refractivity contribution in [3.05, 3.63) is 36.8 Å². The minimum Gasteiger partial charge on any atom is -0.469 e. The monoisotopic (exact) mass is 538 g/mol. The Morgan fingerprint density at radius 1 is 1.32 bits per heavy atom. The Morgan fingerprint density at radius 2 is 2.08 bits per heavy atom. The highest BCUT2D eigenvalue weighted by Gasteiger charge is 2.49. The summed E-state index contributed by atoms with van der Waals surface area (Å²) in [6.45, 7) is 8.08. The van der Waals surface area contributed by atoms with Crippen molar-refractivity contribution in [3.63, 3.8) is 0 Å². The molecular weight excluding hydrogens is 496 g/mol. The van der Waals surface area contributed by atoms with E-state index < -0.39 is 27.4 Å². The van der Waals surface area contributed by atoms with Crippen molar-refractivity contribution < 1.29 is 27.2 Å². The SMILES string of the molecule is C=CCC(N)=NCCCC[C@@](C)(C(=O)N(C)C1CCCCOC1)N(C(=O)Cc1ccco1)S(=O)(=O)CC. The number of sulfonamides is 1. The van der Waals surface area contributed by atoms with Gasteiger partial charge in [0.15, 0.2) is 0 Å². The fraction of sp³-hybridized carbons (Fsp3) is 0.654. The van der Waals surface area contributed by atoms with Gasteiger partial charge in [-0.25, -0.2) is 12.7 Å². The lowest BCUT2D eigenvalue weighted by Crippen LogP contribution is -2.63. The van der Waals surface area contributed by atoms with Crippen LogP contribution in [-0.4, -0.2) is 79.4 Å². The molecule has 2 rings (SSSR count). The van der Waals surface area contributed by atoms with Crippen LogP contribution in [0.5, 0.6) is 0 Å². The third-order valence-electron chi connectivity index (χ3n) is 6.68. The van der Waals surface area contributed by atoms with E-state index in [2.05, 4.69) is 11.6 Å². The van der Waals surface area contributed by atoms with Gasteiger partial charge in [0, 0.05) is 26.6 Å². The van der Waals surface area contributed by atoms with E-state index in [4.69, 9.17) is 14.9 Å². The molecule has 0 spiro atoms. The number of nitrogens with two attached hydrogens (primary N) is 1. The standard InChI is InChI=1S/C26H42N4O6S/c1-5-12-23(27)28-16-9-8-15-26(3,25(32)29(4)21-13-7-10-17-35-20-21)30(37(33,34)6-2)24(31)19-22-14-11-18-36-22/h5,11,14,18,21H,1,6-10,12-13,15-17,19-20H2,2-4H3,(H2,27,28)/t21?,26-/m0/s1. The third kappa shape index (κ3) is 8.43. The van der Waals surface area contributed by atoms with Crippen LogP contribution in [0.3, 0.4) is 0 Å². The fourth-order valence-corrected chi connectivity index (χ4v) is 5.97. The highest BCUT2D eigenvalue weighted by Crippen LogP contribution is 2.31. The third-order valence-corrected chi connectivity index (χ3v) is 8.57. The van der Waals surface area contributed by atoms with Crippen LogP contribution in [0.2, 0.25) is 0 Å². The van der Waals surface area contributed by atoms with Gasteiger partial charge in [-0.2, -0.15) is 0 Å². The first kappa shape index (κ1) is 30.6. The molecule has 0 bridgehead atoms. The number of aliphatic imine (C=N–C) groups is 1. The summed E-state index contributed by atoms with van der Waals surface area (Å²) in [6, 6.07) is 3.03. The molecule has 0 saturated carbocycles.